The van der Waals surface area contributed by atoms with Gasteiger partial charge in [0.1, 0.15) is 0 Å². The summed E-state index contributed by atoms with van der Waals surface area (Å²) >= 11 is 4.87. The summed E-state index contributed by atoms with van der Waals surface area (Å²) in [6.45, 7) is 3.30. The molecule has 1 heterocycles. The molecule has 0 aromatic carbocycles. The van der Waals surface area contributed by atoms with Crippen molar-refractivity contribution < 1.29 is 4.79 Å². The van der Waals surface area contributed by atoms with E-state index in [2.05, 4.69) is 16.5 Å². The zero-order chi connectivity index (χ0) is 8.53. The quantitative estimate of drug-likeness (QED) is 0.546. The molecule has 3 nitrogen and oxygen atoms in total. The molecule has 0 fully saturated rings. The second-order valence-electron chi connectivity index (χ2n) is 1.61. The number of aromatic amines is 1. The Labute approximate surface area is 70.1 Å². The van der Waals surface area contributed by atoms with E-state index in [1.54, 1.807) is 18.7 Å². The van der Waals surface area contributed by atoms with Gasteiger partial charge in [-0.2, -0.15) is 0 Å². The number of hydrogen-bond donors (Lipinski definition) is 1. The Morgan fingerprint density at radius 2 is 2.55 bits per heavy atom. The van der Waals surface area contributed by atoms with Crippen molar-refractivity contribution in [1.82, 2.24) is 9.97 Å². The van der Waals surface area contributed by atoms with E-state index in [0.29, 0.717) is 0 Å². The summed E-state index contributed by atoms with van der Waals surface area (Å²) in [6.07, 6.45) is 6.82. The summed E-state index contributed by atoms with van der Waals surface area (Å²) < 4.78 is 0. The van der Waals surface area contributed by atoms with Gasteiger partial charge < -0.3 is 4.98 Å². The lowest BCUT2D eigenvalue weighted by Gasteiger charge is -1.72. The molecular formula is C7H9ClN2O. The van der Waals surface area contributed by atoms with Crippen molar-refractivity contribution in [1.29, 1.82) is 0 Å². The average Bonchev–Trinajstić information content (AvgIpc) is 2.41. The Morgan fingerprint density at radius 3 is 2.64 bits per heavy atom. The lowest BCUT2D eigenvalue weighted by molar-refractivity contribution is -0.110. The smallest absolute Gasteiger partial charge is 0.225 e. The molecule has 0 unspecified atom stereocenters. The maximum atomic E-state index is 9.74. The van der Waals surface area contributed by atoms with Gasteiger partial charge in [-0.1, -0.05) is 6.08 Å². The number of carbonyl (C=O) groups excluding carboxylic acids is 1. The van der Waals surface area contributed by atoms with Gasteiger partial charge in [0.05, 0.1) is 6.33 Å². The lowest BCUT2D eigenvalue weighted by atomic mass is 10.5. The predicted molar refractivity (Wildman–Crippen MR) is 44.3 cm³/mol. The minimum Gasteiger partial charge on any atom is -0.351 e. The fourth-order valence-electron chi connectivity index (χ4n) is 0.329. The molecule has 0 aliphatic rings. The van der Waals surface area contributed by atoms with Crippen molar-refractivity contribution in [3.63, 3.8) is 0 Å². The molecule has 0 atom stereocenters. The Bertz CT molecular complexity index is 179. The number of imidazole rings is 1. The molecule has 0 saturated carbocycles. The van der Waals surface area contributed by atoms with Crippen LogP contribution in [0.3, 0.4) is 0 Å². The minimum atomic E-state index is -0.356. The number of rotatable bonds is 2. The van der Waals surface area contributed by atoms with Crippen LogP contribution in [-0.4, -0.2) is 15.2 Å². The van der Waals surface area contributed by atoms with Crippen molar-refractivity contribution in [2.45, 2.75) is 6.42 Å². The predicted octanol–water partition coefficient (Wildman–Crippen LogP) is 1.74. The number of nitrogens with one attached hydrogen (secondary N) is 1. The standard InChI is InChI=1S/C4H5ClO.C3H4N2/c1-2-3-4(5)6;1-2-5-3-4-1/h2H,1,3H2;1-3H,(H,4,5). The van der Waals surface area contributed by atoms with Crippen molar-refractivity contribution in [2.24, 2.45) is 0 Å². The van der Waals surface area contributed by atoms with Crippen LogP contribution in [0.4, 0.5) is 0 Å². The van der Waals surface area contributed by atoms with Crippen LogP contribution in [0.2, 0.25) is 0 Å². The van der Waals surface area contributed by atoms with Crippen LogP contribution < -0.4 is 0 Å². The number of H-pyrrole nitrogens is 1. The van der Waals surface area contributed by atoms with Gasteiger partial charge in [-0.25, -0.2) is 4.98 Å². The van der Waals surface area contributed by atoms with Crippen LogP contribution in [0.5, 0.6) is 0 Å². The van der Waals surface area contributed by atoms with Gasteiger partial charge >= 0.3 is 0 Å². The first kappa shape index (κ1) is 9.91. The molecule has 60 valence electrons. The fraction of sp³-hybridized carbons (Fsp3) is 0.143. The highest BCUT2D eigenvalue weighted by atomic mass is 35.5. The molecule has 0 bridgehead atoms. The van der Waals surface area contributed by atoms with Crippen molar-refractivity contribution in [3.8, 4) is 0 Å². The highest BCUT2D eigenvalue weighted by molar-refractivity contribution is 6.63. The van der Waals surface area contributed by atoms with Crippen LogP contribution >= 0.6 is 11.6 Å². The molecule has 1 N–H and O–H groups in total. The maximum Gasteiger partial charge on any atom is 0.225 e. The molecule has 4 heteroatoms. The Kier molecular flexibility index (Phi) is 6.33. The third-order valence-corrected chi connectivity index (χ3v) is 0.865. The van der Waals surface area contributed by atoms with E-state index in [9.17, 15) is 4.79 Å². The largest absolute Gasteiger partial charge is 0.351 e. The van der Waals surface area contributed by atoms with Crippen LogP contribution in [0.25, 0.3) is 0 Å². The Balaban J connectivity index is 0.000000183. The van der Waals surface area contributed by atoms with E-state index in [-0.39, 0.29) is 11.7 Å². The van der Waals surface area contributed by atoms with E-state index in [4.69, 9.17) is 11.6 Å². The number of carbonyl (C=O) groups is 1. The van der Waals surface area contributed by atoms with E-state index in [0.717, 1.165) is 0 Å². The lowest BCUT2D eigenvalue weighted by Crippen LogP contribution is -1.76. The summed E-state index contributed by atoms with van der Waals surface area (Å²) in [4.78, 5) is 16.2. The minimum absolute atomic E-state index is 0.265. The molecule has 0 aliphatic heterocycles. The van der Waals surface area contributed by atoms with Gasteiger partial charge in [0.15, 0.2) is 0 Å². The van der Waals surface area contributed by atoms with Crippen molar-refractivity contribution in [3.05, 3.63) is 31.4 Å². The van der Waals surface area contributed by atoms with Gasteiger partial charge in [0.25, 0.3) is 0 Å². The summed E-state index contributed by atoms with van der Waals surface area (Å²) in [5.41, 5.74) is 0. The third-order valence-electron chi connectivity index (χ3n) is 0.711. The first-order valence-corrected chi connectivity index (χ1v) is 3.37. The first-order chi connectivity index (χ1) is 5.27. The summed E-state index contributed by atoms with van der Waals surface area (Å²) in [7, 11) is 0. The van der Waals surface area contributed by atoms with Gasteiger partial charge in [-0.15, -0.1) is 6.58 Å². The highest BCUT2D eigenvalue weighted by Gasteiger charge is 1.84. The molecule has 1 aromatic rings. The van der Waals surface area contributed by atoms with Crippen LogP contribution in [-0.2, 0) is 4.79 Å². The van der Waals surface area contributed by atoms with Gasteiger partial charge in [-0.05, 0) is 11.6 Å². The average molecular weight is 173 g/mol. The molecule has 0 amide bonds. The van der Waals surface area contributed by atoms with Gasteiger partial charge in [0.2, 0.25) is 5.24 Å². The SMILES string of the molecule is C=CCC(=O)Cl.c1c[nH]cn1. The van der Waals surface area contributed by atoms with E-state index < -0.39 is 0 Å². The van der Waals surface area contributed by atoms with Gasteiger partial charge in [0, 0.05) is 18.8 Å². The molecule has 1 rings (SSSR count). The van der Waals surface area contributed by atoms with Crippen LogP contribution in [0.1, 0.15) is 6.42 Å². The monoisotopic (exact) mass is 172 g/mol. The molecule has 0 spiro atoms. The molecule has 11 heavy (non-hydrogen) atoms. The second-order valence-corrected chi connectivity index (χ2v) is 2.03. The van der Waals surface area contributed by atoms with Gasteiger partial charge in [-0.3, -0.25) is 4.79 Å². The molecule has 1 aromatic heterocycles. The van der Waals surface area contributed by atoms with Crippen molar-refractivity contribution in [2.75, 3.05) is 0 Å². The topological polar surface area (TPSA) is 45.8 Å². The Hall–Kier alpha value is -1.09. The number of aromatic nitrogens is 2. The highest BCUT2D eigenvalue weighted by Crippen LogP contribution is 1.85. The summed E-state index contributed by atoms with van der Waals surface area (Å²) in [5.74, 6) is 0. The third kappa shape index (κ3) is 8.91. The Morgan fingerprint density at radius 1 is 1.82 bits per heavy atom. The van der Waals surface area contributed by atoms with Crippen LogP contribution in [0, 0.1) is 0 Å². The zero-order valence-electron chi connectivity index (χ0n) is 5.96. The molecule has 0 saturated heterocycles. The summed E-state index contributed by atoms with van der Waals surface area (Å²) in [6, 6.07) is 0. The zero-order valence-corrected chi connectivity index (χ0v) is 6.71. The normalized spacial score (nSPS) is 7.73. The molecule has 0 radical (unpaired) electrons. The van der Waals surface area contributed by atoms with Crippen molar-refractivity contribution >= 4 is 16.8 Å². The summed E-state index contributed by atoms with van der Waals surface area (Å²) in [5, 5.41) is -0.356. The van der Waals surface area contributed by atoms with E-state index >= 15 is 0 Å². The van der Waals surface area contributed by atoms with Crippen LogP contribution in [0.15, 0.2) is 31.4 Å². The van der Waals surface area contributed by atoms with E-state index in [1.807, 2.05) is 0 Å². The number of nitrogens with zero attached hydrogens (tertiary/aromatic N) is 1. The number of hydrogen-bond acceptors (Lipinski definition) is 2. The number of allylic oxidation sites excluding steroid dienone is 1. The first-order valence-electron chi connectivity index (χ1n) is 2.99. The molecular weight excluding hydrogens is 164 g/mol. The molecule has 0 aliphatic carbocycles. The number of halogens is 1. The van der Waals surface area contributed by atoms with E-state index in [1.165, 1.54) is 6.08 Å². The maximum absolute atomic E-state index is 9.74. The fourth-order valence-corrected chi connectivity index (χ4v) is 0.438. The second kappa shape index (κ2) is 7.02.